The van der Waals surface area contributed by atoms with Gasteiger partial charge in [0.15, 0.2) is 6.10 Å². The summed E-state index contributed by atoms with van der Waals surface area (Å²) in [4.78, 5) is 14.6. The highest BCUT2D eigenvalue weighted by Crippen LogP contribution is 2.42. The van der Waals surface area contributed by atoms with Crippen LogP contribution in [0.4, 0.5) is 0 Å². The molecule has 1 saturated carbocycles. The molecule has 1 aliphatic carbocycles. The van der Waals surface area contributed by atoms with Crippen molar-refractivity contribution in [3.63, 3.8) is 0 Å². The quantitative estimate of drug-likeness (QED) is 0.591. The minimum absolute atomic E-state index is 0.0646. The Morgan fingerprint density at radius 1 is 1.11 bits per heavy atom. The van der Waals surface area contributed by atoms with Gasteiger partial charge in [-0.05, 0) is 35.7 Å². The van der Waals surface area contributed by atoms with Gasteiger partial charge >= 0.3 is 5.97 Å². The Morgan fingerprint density at radius 2 is 1.74 bits per heavy atom. The van der Waals surface area contributed by atoms with Crippen LogP contribution < -0.4 is 0 Å². The van der Waals surface area contributed by atoms with Crippen molar-refractivity contribution < 1.29 is 19.1 Å². The molecule has 6 heteroatoms. The second-order valence-corrected chi connectivity index (χ2v) is 10.4. The smallest absolute Gasteiger partial charge is 0.349 e. The Hall–Kier alpha value is -1.21. The lowest BCUT2D eigenvalue weighted by Gasteiger charge is -2.52. The second kappa shape index (κ2) is 6.69. The van der Waals surface area contributed by atoms with Crippen LogP contribution in [0.25, 0.3) is 0 Å². The number of nitrogens with zero attached hydrogens (tertiary/aromatic N) is 1. The number of carbonyl (C=O) groups is 1. The molecule has 4 nitrogen and oxygen atoms in total. The van der Waals surface area contributed by atoms with Crippen molar-refractivity contribution in [2.45, 2.75) is 37.4 Å². The van der Waals surface area contributed by atoms with E-state index in [1.165, 1.54) is 55.1 Å². The Balaban J connectivity index is 1.38. The summed E-state index contributed by atoms with van der Waals surface area (Å²) in [5.41, 5.74) is -1.68. The van der Waals surface area contributed by atoms with Crippen molar-refractivity contribution in [1.82, 2.24) is 0 Å². The van der Waals surface area contributed by atoms with Gasteiger partial charge in [-0.25, -0.2) is 4.79 Å². The molecule has 2 aromatic heterocycles. The minimum Gasteiger partial charge on any atom is -0.453 e. The lowest BCUT2D eigenvalue weighted by molar-refractivity contribution is -0.947. The molecule has 0 unspecified atom stereocenters. The van der Waals surface area contributed by atoms with E-state index in [1.54, 1.807) is 0 Å². The van der Waals surface area contributed by atoms with Gasteiger partial charge in [0.05, 0.1) is 29.4 Å². The van der Waals surface area contributed by atoms with Gasteiger partial charge in [-0.3, -0.25) is 0 Å². The predicted octanol–water partition coefficient (Wildman–Crippen LogP) is 3.61. The zero-order valence-electron chi connectivity index (χ0n) is 15.4. The van der Waals surface area contributed by atoms with Crippen LogP contribution in [0.3, 0.4) is 0 Å². The lowest BCUT2D eigenvalue weighted by atomic mass is 9.82. The molecule has 0 spiro atoms. The normalized spacial score (nSPS) is 30.4. The van der Waals surface area contributed by atoms with Gasteiger partial charge in [-0.1, -0.05) is 12.1 Å². The maximum absolute atomic E-state index is 13.3. The number of carbonyl (C=O) groups excluding carboxylic acids is 1. The largest absolute Gasteiger partial charge is 0.453 e. The third-order valence-corrected chi connectivity index (χ3v) is 8.65. The van der Waals surface area contributed by atoms with E-state index < -0.39 is 11.6 Å². The molecule has 4 aliphatic rings. The van der Waals surface area contributed by atoms with Crippen LogP contribution in [0.15, 0.2) is 35.0 Å². The van der Waals surface area contributed by atoms with E-state index in [0.717, 1.165) is 29.8 Å². The van der Waals surface area contributed by atoms with Crippen molar-refractivity contribution in [1.29, 1.82) is 0 Å². The van der Waals surface area contributed by atoms with E-state index in [9.17, 15) is 9.90 Å². The van der Waals surface area contributed by atoms with Crippen LogP contribution in [0.1, 0.15) is 35.4 Å². The number of aliphatic hydroxyl groups is 1. The van der Waals surface area contributed by atoms with Crippen LogP contribution in [0, 0.1) is 11.8 Å². The van der Waals surface area contributed by atoms with Crippen LogP contribution >= 0.6 is 22.7 Å². The zero-order chi connectivity index (χ0) is 18.5. The first-order chi connectivity index (χ1) is 13.1. The van der Waals surface area contributed by atoms with Gasteiger partial charge in [0.25, 0.3) is 0 Å². The van der Waals surface area contributed by atoms with Gasteiger partial charge in [0.1, 0.15) is 6.54 Å². The van der Waals surface area contributed by atoms with Crippen molar-refractivity contribution in [3.05, 3.63) is 44.8 Å². The van der Waals surface area contributed by atoms with Crippen molar-refractivity contribution >= 4 is 28.6 Å². The number of thiophene rings is 2. The first kappa shape index (κ1) is 17.9. The molecule has 1 N–H and O–H groups in total. The maximum atomic E-state index is 13.3. The summed E-state index contributed by atoms with van der Waals surface area (Å²) in [5.74, 6) is 0.824. The number of hydrogen-bond donors (Lipinski definition) is 1. The van der Waals surface area contributed by atoms with Crippen LogP contribution in [0.2, 0.25) is 0 Å². The topological polar surface area (TPSA) is 46.5 Å². The van der Waals surface area contributed by atoms with Crippen LogP contribution in [-0.2, 0) is 15.1 Å². The van der Waals surface area contributed by atoms with Crippen molar-refractivity contribution in [2.75, 3.05) is 26.2 Å². The second-order valence-electron chi connectivity index (χ2n) is 8.54. The number of quaternary nitrogens is 1. The molecule has 27 heavy (non-hydrogen) atoms. The number of esters is 1. The SMILES string of the molecule is O=C(O[C@H]1C[N+]2(CC3CC3)CCC1CC2)C(O)(c1cccs1)c1cccs1. The third kappa shape index (κ3) is 3.16. The van der Waals surface area contributed by atoms with Gasteiger partial charge in [0.2, 0.25) is 5.60 Å². The molecule has 1 atom stereocenters. The Kier molecular flexibility index (Phi) is 4.43. The molecule has 0 radical (unpaired) electrons. The number of piperidine rings is 3. The first-order valence-corrected chi connectivity index (χ1v) is 11.7. The molecule has 144 valence electrons. The Morgan fingerprint density at radius 3 is 2.26 bits per heavy atom. The van der Waals surface area contributed by atoms with E-state index in [-0.39, 0.29) is 6.10 Å². The summed E-state index contributed by atoms with van der Waals surface area (Å²) >= 11 is 2.80. The summed E-state index contributed by atoms with van der Waals surface area (Å²) in [6, 6.07) is 7.39. The molecular weight excluding hydrogens is 378 g/mol. The number of rotatable bonds is 6. The Labute approximate surface area is 168 Å². The fourth-order valence-electron chi connectivity index (χ4n) is 4.97. The van der Waals surface area contributed by atoms with Gasteiger partial charge in [-0.15, -0.1) is 22.7 Å². The van der Waals surface area contributed by atoms with Crippen LogP contribution in [-0.4, -0.2) is 47.8 Å². The Bertz CT molecular complexity index is 755. The van der Waals surface area contributed by atoms with E-state index in [1.807, 2.05) is 35.0 Å². The number of hydrogen-bond acceptors (Lipinski definition) is 5. The number of ether oxygens (including phenoxy) is 1. The van der Waals surface area contributed by atoms with Crippen molar-refractivity contribution in [2.24, 2.45) is 11.8 Å². The summed E-state index contributed by atoms with van der Waals surface area (Å²) in [6.45, 7) is 4.64. The van der Waals surface area contributed by atoms with E-state index in [0.29, 0.717) is 15.7 Å². The molecule has 2 bridgehead atoms. The first-order valence-electron chi connectivity index (χ1n) is 9.96. The average molecular weight is 405 g/mol. The number of fused-ring (bicyclic) bond motifs is 3. The average Bonchev–Trinajstić information content (AvgIpc) is 3.16. The monoisotopic (exact) mass is 404 g/mol. The summed E-state index contributed by atoms with van der Waals surface area (Å²) in [6.07, 6.45) is 4.95. The molecule has 5 heterocycles. The third-order valence-electron chi connectivity index (χ3n) is 6.69. The molecule has 2 aromatic rings. The van der Waals surface area contributed by atoms with Gasteiger partial charge in [-0.2, -0.15) is 0 Å². The highest BCUT2D eigenvalue weighted by Gasteiger charge is 2.52. The predicted molar refractivity (Wildman–Crippen MR) is 107 cm³/mol. The van der Waals surface area contributed by atoms with Crippen molar-refractivity contribution in [3.8, 4) is 0 Å². The fourth-order valence-corrected chi connectivity index (χ4v) is 6.69. The van der Waals surface area contributed by atoms with Crippen LogP contribution in [0.5, 0.6) is 0 Å². The van der Waals surface area contributed by atoms with Gasteiger partial charge in [0, 0.05) is 24.7 Å². The van der Waals surface area contributed by atoms with E-state index in [2.05, 4.69) is 0 Å². The highest BCUT2D eigenvalue weighted by molar-refractivity contribution is 7.12. The van der Waals surface area contributed by atoms with E-state index in [4.69, 9.17) is 4.74 Å². The minimum atomic E-state index is -1.68. The highest BCUT2D eigenvalue weighted by atomic mass is 32.1. The molecule has 0 amide bonds. The molecule has 6 rings (SSSR count). The summed E-state index contributed by atoms with van der Waals surface area (Å²) in [5, 5.41) is 15.3. The molecular formula is C21H26NO3S2+. The molecule has 4 fully saturated rings. The maximum Gasteiger partial charge on any atom is 0.349 e. The lowest BCUT2D eigenvalue weighted by Crippen LogP contribution is -2.65. The molecule has 3 aliphatic heterocycles. The zero-order valence-corrected chi connectivity index (χ0v) is 17.0. The fraction of sp³-hybridized carbons (Fsp3) is 0.571. The molecule has 3 saturated heterocycles. The van der Waals surface area contributed by atoms with E-state index >= 15 is 0 Å². The molecule has 0 aromatic carbocycles. The summed E-state index contributed by atoms with van der Waals surface area (Å²) in [7, 11) is 0. The van der Waals surface area contributed by atoms with Gasteiger partial charge < -0.3 is 14.3 Å². The standard InChI is InChI=1S/C21H26NO3S2/c23-20(21(24,18-3-1-11-26-18)19-4-2-12-27-19)25-17-14-22(13-15-5-6-15)9-7-16(17)8-10-22/h1-4,11-12,15-17,24H,5-10,13-14H2/q+1/t16?,17-,22?/m0/s1. The summed E-state index contributed by atoms with van der Waals surface area (Å²) < 4.78 is 7.19.